The molecule has 0 bridgehead atoms. The van der Waals surface area contributed by atoms with Crippen molar-refractivity contribution in [3.63, 3.8) is 0 Å². The van der Waals surface area contributed by atoms with E-state index in [0.29, 0.717) is 6.04 Å². The average Bonchev–Trinajstić information content (AvgIpc) is 2.93. The number of nitrogens with zero attached hydrogens (tertiary/aromatic N) is 2. The van der Waals surface area contributed by atoms with E-state index in [1.54, 1.807) is 11.3 Å². The standard InChI is InChI=1S/C13H14N2O2S2/c1-8-11(12(16)17)14-13(19-8)15(10-2-3-10)6-9-4-5-18-7-9/h4-5,7,10H,2-3,6H2,1H3,(H,16,17). The van der Waals surface area contributed by atoms with Crippen LogP contribution >= 0.6 is 22.7 Å². The van der Waals surface area contributed by atoms with Crippen molar-refractivity contribution < 1.29 is 9.90 Å². The van der Waals surface area contributed by atoms with Gasteiger partial charge in [-0.3, -0.25) is 0 Å². The number of hydrogen-bond acceptors (Lipinski definition) is 5. The SMILES string of the molecule is Cc1sc(N(Cc2ccsc2)C2CC2)nc1C(=O)O. The molecule has 4 nitrogen and oxygen atoms in total. The molecule has 0 atom stereocenters. The van der Waals surface area contributed by atoms with Crippen LogP contribution in [0.3, 0.4) is 0 Å². The van der Waals surface area contributed by atoms with Gasteiger partial charge in [0.25, 0.3) is 0 Å². The van der Waals surface area contributed by atoms with Gasteiger partial charge in [-0.25, -0.2) is 9.78 Å². The molecule has 1 fully saturated rings. The van der Waals surface area contributed by atoms with E-state index in [0.717, 1.165) is 16.6 Å². The lowest BCUT2D eigenvalue weighted by molar-refractivity contribution is 0.0690. The number of aromatic carboxylic acids is 1. The predicted octanol–water partition coefficient (Wildman–Crippen LogP) is 3.38. The fourth-order valence-corrected chi connectivity index (χ4v) is 3.65. The molecule has 1 aliphatic carbocycles. The average molecular weight is 294 g/mol. The van der Waals surface area contributed by atoms with Gasteiger partial charge in [-0.05, 0) is 42.2 Å². The van der Waals surface area contributed by atoms with Crippen molar-refractivity contribution in [3.05, 3.63) is 33.0 Å². The normalized spacial score (nSPS) is 14.6. The highest BCUT2D eigenvalue weighted by atomic mass is 32.1. The zero-order valence-electron chi connectivity index (χ0n) is 10.5. The highest BCUT2D eigenvalue weighted by Gasteiger charge is 2.32. The summed E-state index contributed by atoms with van der Waals surface area (Å²) in [6.45, 7) is 2.64. The maximum Gasteiger partial charge on any atom is 0.355 e. The summed E-state index contributed by atoms with van der Waals surface area (Å²) >= 11 is 3.16. The van der Waals surface area contributed by atoms with Crippen molar-refractivity contribution in [1.82, 2.24) is 4.98 Å². The molecule has 0 radical (unpaired) electrons. The Morgan fingerprint density at radius 3 is 2.89 bits per heavy atom. The Balaban J connectivity index is 1.87. The van der Waals surface area contributed by atoms with Gasteiger partial charge in [0.2, 0.25) is 0 Å². The third-order valence-electron chi connectivity index (χ3n) is 3.15. The lowest BCUT2D eigenvalue weighted by atomic mass is 10.3. The van der Waals surface area contributed by atoms with Crippen LogP contribution in [0.4, 0.5) is 5.13 Å². The summed E-state index contributed by atoms with van der Waals surface area (Å²) in [5, 5.41) is 14.1. The molecule has 100 valence electrons. The number of hydrogen-bond donors (Lipinski definition) is 1. The van der Waals surface area contributed by atoms with E-state index in [1.807, 2.05) is 6.92 Å². The van der Waals surface area contributed by atoms with Crippen LogP contribution in [0.15, 0.2) is 16.8 Å². The Kier molecular flexibility index (Phi) is 3.28. The molecule has 3 rings (SSSR count). The summed E-state index contributed by atoms with van der Waals surface area (Å²) in [7, 11) is 0. The molecule has 0 aliphatic heterocycles. The predicted molar refractivity (Wildman–Crippen MR) is 77.3 cm³/mol. The highest BCUT2D eigenvalue weighted by molar-refractivity contribution is 7.15. The number of carboxylic acids is 1. The highest BCUT2D eigenvalue weighted by Crippen LogP contribution is 2.36. The van der Waals surface area contributed by atoms with Crippen LogP contribution in [0.5, 0.6) is 0 Å². The monoisotopic (exact) mass is 294 g/mol. The van der Waals surface area contributed by atoms with Gasteiger partial charge in [0.05, 0.1) is 0 Å². The van der Waals surface area contributed by atoms with Gasteiger partial charge in [-0.2, -0.15) is 11.3 Å². The summed E-state index contributed by atoms with van der Waals surface area (Å²) in [6.07, 6.45) is 2.34. The van der Waals surface area contributed by atoms with Crippen molar-refractivity contribution in [2.24, 2.45) is 0 Å². The fourth-order valence-electron chi connectivity index (χ4n) is 2.02. The van der Waals surface area contributed by atoms with Crippen LogP contribution in [-0.2, 0) is 6.54 Å². The molecule has 2 aromatic rings. The smallest absolute Gasteiger partial charge is 0.355 e. The van der Waals surface area contributed by atoms with Crippen LogP contribution in [0, 0.1) is 6.92 Å². The number of aryl methyl sites for hydroxylation is 1. The largest absolute Gasteiger partial charge is 0.476 e. The van der Waals surface area contributed by atoms with Crippen molar-refractivity contribution in [2.75, 3.05) is 4.90 Å². The molecule has 2 aromatic heterocycles. The van der Waals surface area contributed by atoms with Crippen LogP contribution in [0.25, 0.3) is 0 Å². The van der Waals surface area contributed by atoms with Gasteiger partial charge in [0.15, 0.2) is 10.8 Å². The van der Waals surface area contributed by atoms with Gasteiger partial charge < -0.3 is 10.0 Å². The first-order valence-electron chi connectivity index (χ1n) is 6.13. The Hall–Kier alpha value is -1.40. The molecule has 1 saturated carbocycles. The van der Waals surface area contributed by atoms with Gasteiger partial charge in [0.1, 0.15) is 0 Å². The first-order valence-corrected chi connectivity index (χ1v) is 7.89. The number of carbonyl (C=O) groups is 1. The van der Waals surface area contributed by atoms with E-state index < -0.39 is 5.97 Å². The second-order valence-electron chi connectivity index (χ2n) is 4.70. The molecule has 0 spiro atoms. The molecule has 2 heterocycles. The first-order chi connectivity index (χ1) is 9.15. The molecule has 0 saturated heterocycles. The minimum Gasteiger partial charge on any atom is -0.476 e. The lowest BCUT2D eigenvalue weighted by Gasteiger charge is -2.20. The minimum absolute atomic E-state index is 0.191. The number of thiazole rings is 1. The molecule has 0 unspecified atom stereocenters. The quantitative estimate of drug-likeness (QED) is 0.918. The van der Waals surface area contributed by atoms with Crippen molar-refractivity contribution in [1.29, 1.82) is 0 Å². The van der Waals surface area contributed by atoms with Gasteiger partial charge >= 0.3 is 5.97 Å². The van der Waals surface area contributed by atoms with Crippen LogP contribution < -0.4 is 4.90 Å². The third kappa shape index (κ3) is 2.64. The van der Waals surface area contributed by atoms with Crippen LogP contribution in [0.2, 0.25) is 0 Å². The zero-order chi connectivity index (χ0) is 13.4. The van der Waals surface area contributed by atoms with E-state index >= 15 is 0 Å². The number of anilines is 1. The molecule has 0 amide bonds. The van der Waals surface area contributed by atoms with Crippen LogP contribution in [0.1, 0.15) is 33.8 Å². The first kappa shape index (κ1) is 12.6. The Labute approximate surface area is 119 Å². The summed E-state index contributed by atoms with van der Waals surface area (Å²) in [6, 6.07) is 2.63. The van der Waals surface area contributed by atoms with Gasteiger partial charge in [-0.15, -0.1) is 11.3 Å². The number of carboxylic acid groups (broad SMARTS) is 1. The van der Waals surface area contributed by atoms with Crippen molar-refractivity contribution in [3.8, 4) is 0 Å². The molecule has 19 heavy (non-hydrogen) atoms. The molecule has 1 aliphatic rings. The van der Waals surface area contributed by atoms with E-state index in [1.165, 1.54) is 29.7 Å². The molecule has 0 aromatic carbocycles. The van der Waals surface area contributed by atoms with E-state index in [2.05, 4.69) is 26.7 Å². The Morgan fingerprint density at radius 2 is 2.37 bits per heavy atom. The van der Waals surface area contributed by atoms with E-state index in [-0.39, 0.29) is 5.69 Å². The molecular weight excluding hydrogens is 280 g/mol. The molecule has 1 N–H and O–H groups in total. The fraction of sp³-hybridized carbons (Fsp3) is 0.385. The number of aromatic nitrogens is 1. The second-order valence-corrected chi connectivity index (χ2v) is 6.66. The van der Waals surface area contributed by atoms with Crippen molar-refractivity contribution in [2.45, 2.75) is 32.4 Å². The van der Waals surface area contributed by atoms with Crippen LogP contribution in [-0.4, -0.2) is 22.1 Å². The Bertz CT molecular complexity index is 588. The topological polar surface area (TPSA) is 53.4 Å². The summed E-state index contributed by atoms with van der Waals surface area (Å²) in [5.74, 6) is -0.939. The van der Waals surface area contributed by atoms with Gasteiger partial charge in [0, 0.05) is 17.5 Å². The molecular formula is C13H14N2O2S2. The van der Waals surface area contributed by atoms with E-state index in [4.69, 9.17) is 5.11 Å². The van der Waals surface area contributed by atoms with Gasteiger partial charge in [-0.1, -0.05) is 0 Å². The summed E-state index contributed by atoms with van der Waals surface area (Å²) in [4.78, 5) is 18.4. The van der Waals surface area contributed by atoms with E-state index in [9.17, 15) is 4.79 Å². The minimum atomic E-state index is -0.939. The third-order valence-corrected chi connectivity index (χ3v) is 4.89. The summed E-state index contributed by atoms with van der Waals surface area (Å²) < 4.78 is 0. The van der Waals surface area contributed by atoms with Crippen molar-refractivity contribution >= 4 is 33.8 Å². The maximum absolute atomic E-state index is 11.1. The second kappa shape index (κ2) is 4.94. The summed E-state index contributed by atoms with van der Waals surface area (Å²) in [5.41, 5.74) is 1.46. The number of rotatable bonds is 5. The zero-order valence-corrected chi connectivity index (χ0v) is 12.1. The Morgan fingerprint density at radius 1 is 1.58 bits per heavy atom. The lowest BCUT2D eigenvalue weighted by Crippen LogP contribution is -2.24. The number of thiophene rings is 1. The maximum atomic E-state index is 11.1. The molecule has 6 heteroatoms.